The minimum absolute atomic E-state index is 0.133. The monoisotopic (exact) mass is 672 g/mol. The second-order valence-corrected chi connectivity index (χ2v) is 12.9. The Kier molecular flexibility index (Phi) is 12.5. The van der Waals surface area contributed by atoms with Crippen molar-refractivity contribution >= 4 is 46.5 Å². The third-order valence-corrected chi connectivity index (χ3v) is 9.03. The topological polar surface area (TPSA) is 86.3 Å². The standard InChI is InChI=1S/C34H38Cl2N2O6S/c1-21(35)27(22(2)36)18-29(24-11-13-28(41-4)30(17-24)42-5)44-33(39)31-14-12-26(45-31)19-37-32(23-9-7-6-8-10-23)34(40)43-25-15-16-38(3)20-25/h6-14,17,25,29,32,37H,1,15-16,18-20H2,2-5H3/b27-22+/t25-,29-,32?/m0/s1. The Bertz CT molecular complexity index is 1520. The summed E-state index contributed by atoms with van der Waals surface area (Å²) in [5.41, 5.74) is 2.05. The molecule has 8 nitrogen and oxygen atoms in total. The number of ether oxygens (including phenoxy) is 4. The Morgan fingerprint density at radius 1 is 1.04 bits per heavy atom. The number of likely N-dealkylation sites (N-methyl/N-ethyl adjacent to an activating group) is 1. The molecule has 0 amide bonds. The van der Waals surface area contributed by atoms with Crippen LogP contribution in [0.15, 0.2) is 82.9 Å². The molecular weight excluding hydrogens is 635 g/mol. The number of rotatable bonds is 14. The van der Waals surface area contributed by atoms with Crippen LogP contribution in [0, 0.1) is 0 Å². The maximum Gasteiger partial charge on any atom is 0.348 e. The summed E-state index contributed by atoms with van der Waals surface area (Å²) in [6.45, 7) is 7.49. The molecule has 0 radical (unpaired) electrons. The first-order valence-electron chi connectivity index (χ1n) is 14.5. The molecule has 4 rings (SSSR count). The van der Waals surface area contributed by atoms with E-state index < -0.39 is 18.1 Å². The maximum absolute atomic E-state index is 13.5. The molecule has 2 aromatic carbocycles. The van der Waals surface area contributed by atoms with E-state index in [2.05, 4.69) is 16.8 Å². The highest BCUT2D eigenvalue weighted by Crippen LogP contribution is 2.37. The first-order chi connectivity index (χ1) is 21.6. The van der Waals surface area contributed by atoms with Crippen molar-refractivity contribution in [3.8, 4) is 11.5 Å². The molecule has 1 N–H and O–H groups in total. The number of benzene rings is 2. The van der Waals surface area contributed by atoms with Crippen LogP contribution in [0.1, 0.15) is 57.6 Å². The van der Waals surface area contributed by atoms with Crippen molar-refractivity contribution in [3.05, 3.63) is 104 Å². The first-order valence-corrected chi connectivity index (χ1v) is 16.1. The average molecular weight is 674 g/mol. The fourth-order valence-electron chi connectivity index (χ4n) is 5.08. The van der Waals surface area contributed by atoms with Crippen molar-refractivity contribution in [3.63, 3.8) is 0 Å². The van der Waals surface area contributed by atoms with Gasteiger partial charge in [0.25, 0.3) is 0 Å². The van der Waals surface area contributed by atoms with E-state index in [1.54, 1.807) is 38.3 Å². The number of allylic oxidation sites excluding steroid dienone is 2. The lowest BCUT2D eigenvalue weighted by Crippen LogP contribution is -2.33. The van der Waals surface area contributed by atoms with Gasteiger partial charge in [0.05, 0.1) is 14.2 Å². The van der Waals surface area contributed by atoms with Crippen LogP contribution in [0.3, 0.4) is 0 Å². The molecule has 0 spiro atoms. The highest BCUT2D eigenvalue weighted by molar-refractivity contribution is 7.13. The van der Waals surface area contributed by atoms with Crippen LogP contribution in [0.4, 0.5) is 0 Å². The Labute approximate surface area is 278 Å². The van der Waals surface area contributed by atoms with Crippen molar-refractivity contribution in [1.29, 1.82) is 0 Å². The number of likely N-dealkylation sites (tertiary alicyclic amines) is 1. The van der Waals surface area contributed by atoms with Gasteiger partial charge in [-0.2, -0.15) is 0 Å². The third-order valence-electron chi connectivity index (χ3n) is 7.50. The summed E-state index contributed by atoms with van der Waals surface area (Å²) in [6, 6.07) is 17.7. The van der Waals surface area contributed by atoms with Crippen molar-refractivity contribution in [2.75, 3.05) is 34.4 Å². The zero-order valence-corrected chi connectivity index (χ0v) is 28.1. The van der Waals surface area contributed by atoms with Gasteiger partial charge >= 0.3 is 11.9 Å². The van der Waals surface area contributed by atoms with E-state index in [1.165, 1.54) is 18.4 Å². The summed E-state index contributed by atoms with van der Waals surface area (Å²) in [5.74, 6) is 0.197. The van der Waals surface area contributed by atoms with Crippen molar-refractivity contribution in [2.24, 2.45) is 0 Å². The maximum atomic E-state index is 13.5. The van der Waals surface area contributed by atoms with Crippen LogP contribution in [-0.4, -0.2) is 57.3 Å². The third kappa shape index (κ3) is 9.34. The summed E-state index contributed by atoms with van der Waals surface area (Å²) < 4.78 is 22.7. The van der Waals surface area contributed by atoms with Gasteiger partial charge in [0.1, 0.15) is 23.1 Å². The minimum atomic E-state index is -0.743. The largest absolute Gasteiger partial charge is 0.493 e. The zero-order valence-electron chi connectivity index (χ0n) is 25.8. The number of thiophene rings is 1. The number of methoxy groups -OCH3 is 2. The molecule has 1 unspecified atom stereocenters. The van der Waals surface area contributed by atoms with Gasteiger partial charge < -0.3 is 23.8 Å². The molecule has 45 heavy (non-hydrogen) atoms. The predicted octanol–water partition coefficient (Wildman–Crippen LogP) is 7.40. The predicted molar refractivity (Wildman–Crippen MR) is 178 cm³/mol. The average Bonchev–Trinajstić information content (AvgIpc) is 3.67. The van der Waals surface area contributed by atoms with Crippen LogP contribution < -0.4 is 14.8 Å². The van der Waals surface area contributed by atoms with Crippen molar-refractivity contribution < 1.29 is 28.5 Å². The normalized spacial score (nSPS) is 16.8. The van der Waals surface area contributed by atoms with E-state index in [1.807, 2.05) is 43.4 Å². The SMILES string of the molecule is C=C(Cl)/C(C[C@H](OC(=O)c1ccc(CNC(C(=O)O[C@H]2CCN(C)C2)c2ccccc2)s1)c1ccc(OC)c(OC)c1)=C(\C)Cl. The molecule has 3 aromatic rings. The number of carbonyl (C=O) groups is 2. The number of hydrogen-bond acceptors (Lipinski definition) is 9. The number of nitrogens with one attached hydrogen (secondary N) is 1. The Balaban J connectivity index is 1.50. The summed E-state index contributed by atoms with van der Waals surface area (Å²) in [5, 5.41) is 4.05. The number of carbonyl (C=O) groups excluding carboxylic acids is 2. The smallest absolute Gasteiger partial charge is 0.348 e. The van der Waals surface area contributed by atoms with Gasteiger partial charge in [0.2, 0.25) is 0 Å². The molecule has 2 heterocycles. The zero-order chi connectivity index (χ0) is 32.5. The molecule has 1 aliphatic rings. The van der Waals surface area contributed by atoms with Gasteiger partial charge in [-0.1, -0.05) is 66.2 Å². The second kappa shape index (κ2) is 16.3. The molecule has 1 aliphatic heterocycles. The summed E-state index contributed by atoms with van der Waals surface area (Å²) >= 11 is 13.9. The fourth-order valence-corrected chi connectivity index (χ4v) is 6.38. The number of halogens is 2. The van der Waals surface area contributed by atoms with Crippen molar-refractivity contribution in [2.45, 2.75) is 44.6 Å². The second-order valence-electron chi connectivity index (χ2n) is 10.7. The number of hydrogen-bond donors (Lipinski definition) is 1. The molecule has 240 valence electrons. The van der Waals surface area contributed by atoms with Crippen molar-refractivity contribution in [1.82, 2.24) is 10.2 Å². The molecule has 0 aliphatic carbocycles. The molecule has 0 saturated carbocycles. The van der Waals surface area contributed by atoms with Gasteiger partial charge in [-0.05, 0) is 61.4 Å². The minimum Gasteiger partial charge on any atom is -0.493 e. The van der Waals surface area contributed by atoms with Crippen LogP contribution in [0.25, 0.3) is 0 Å². The molecule has 3 atom stereocenters. The van der Waals surface area contributed by atoms with E-state index in [9.17, 15) is 9.59 Å². The number of nitrogens with zero attached hydrogens (tertiary/aromatic N) is 1. The van der Waals surface area contributed by atoms with E-state index in [0.29, 0.717) is 45.6 Å². The van der Waals surface area contributed by atoms with Crippen LogP contribution in [-0.2, 0) is 20.8 Å². The van der Waals surface area contributed by atoms with Gasteiger partial charge in [-0.25, -0.2) is 9.59 Å². The highest BCUT2D eigenvalue weighted by Gasteiger charge is 2.29. The molecule has 0 bridgehead atoms. The van der Waals surface area contributed by atoms with Gasteiger partial charge in [-0.15, -0.1) is 11.3 Å². The van der Waals surface area contributed by atoms with E-state index in [0.717, 1.165) is 23.4 Å². The number of esters is 2. The van der Waals surface area contributed by atoms with E-state index in [-0.39, 0.29) is 23.5 Å². The van der Waals surface area contributed by atoms with Gasteiger partial charge in [0.15, 0.2) is 11.5 Å². The van der Waals surface area contributed by atoms with Crippen LogP contribution in [0.2, 0.25) is 0 Å². The Morgan fingerprint density at radius 2 is 1.78 bits per heavy atom. The first kappa shape index (κ1) is 34.5. The molecule has 1 saturated heterocycles. The van der Waals surface area contributed by atoms with Crippen LogP contribution in [0.5, 0.6) is 11.5 Å². The summed E-state index contributed by atoms with van der Waals surface area (Å²) in [6.07, 6.45) is 0.139. The summed E-state index contributed by atoms with van der Waals surface area (Å²) in [4.78, 5) is 30.1. The van der Waals surface area contributed by atoms with E-state index >= 15 is 0 Å². The Hall–Kier alpha value is -3.34. The lowest BCUT2D eigenvalue weighted by molar-refractivity contribution is -0.151. The molecule has 1 aromatic heterocycles. The molecule has 11 heteroatoms. The lowest BCUT2D eigenvalue weighted by Gasteiger charge is -2.21. The quantitative estimate of drug-likeness (QED) is 0.140. The summed E-state index contributed by atoms with van der Waals surface area (Å²) in [7, 11) is 5.10. The lowest BCUT2D eigenvalue weighted by atomic mass is 10.00. The van der Waals surface area contributed by atoms with E-state index in [4.69, 9.17) is 42.1 Å². The van der Waals surface area contributed by atoms with Crippen LogP contribution >= 0.6 is 34.5 Å². The highest BCUT2D eigenvalue weighted by atomic mass is 35.5. The van der Waals surface area contributed by atoms with Gasteiger partial charge in [0, 0.05) is 41.0 Å². The fraction of sp³-hybridized carbons (Fsp3) is 0.353. The molecule has 1 fully saturated rings. The Morgan fingerprint density at radius 3 is 2.40 bits per heavy atom. The molecular formula is C34H38Cl2N2O6S. The van der Waals surface area contributed by atoms with Gasteiger partial charge in [-0.3, -0.25) is 5.32 Å².